The topological polar surface area (TPSA) is 73.8 Å². The molecule has 0 aromatic heterocycles. The van der Waals surface area contributed by atoms with Crippen LogP contribution in [0.2, 0.25) is 0 Å². The zero-order valence-electron chi connectivity index (χ0n) is 17.0. The van der Waals surface area contributed by atoms with Crippen LogP contribution in [-0.4, -0.2) is 51.1 Å². The van der Waals surface area contributed by atoms with Gasteiger partial charge in [0.05, 0.1) is 11.8 Å². The maximum atomic E-state index is 12.3. The molecule has 0 aliphatic rings. The van der Waals surface area contributed by atoms with Crippen molar-refractivity contribution < 1.29 is 8.42 Å². The molecule has 0 bridgehead atoms. The molecule has 156 valence electrons. The smallest absolute Gasteiger partial charge is 0.215 e. The van der Waals surface area contributed by atoms with Crippen LogP contribution >= 0.6 is 24.0 Å². The molecule has 2 rings (SSSR count). The van der Waals surface area contributed by atoms with Crippen molar-refractivity contribution in [2.24, 2.45) is 4.99 Å². The second-order valence-electron chi connectivity index (χ2n) is 6.33. The van der Waals surface area contributed by atoms with Crippen LogP contribution in [0.4, 0.5) is 0 Å². The van der Waals surface area contributed by atoms with Gasteiger partial charge < -0.3 is 10.6 Å². The van der Waals surface area contributed by atoms with E-state index in [9.17, 15) is 8.42 Å². The van der Waals surface area contributed by atoms with Gasteiger partial charge in [-0.15, -0.1) is 24.0 Å². The van der Waals surface area contributed by atoms with Gasteiger partial charge in [0.1, 0.15) is 0 Å². The van der Waals surface area contributed by atoms with E-state index < -0.39 is 10.0 Å². The first kappa shape index (κ1) is 24.6. The third-order valence-electron chi connectivity index (χ3n) is 4.62. The average molecular weight is 518 g/mol. The highest BCUT2D eigenvalue weighted by Crippen LogP contribution is 2.23. The minimum Gasteiger partial charge on any atom is -0.355 e. The fourth-order valence-electron chi connectivity index (χ4n) is 3.15. The summed E-state index contributed by atoms with van der Waals surface area (Å²) in [6.07, 6.45) is 0. The zero-order chi connectivity index (χ0) is 19.9. The first-order chi connectivity index (χ1) is 12.9. The molecule has 28 heavy (non-hydrogen) atoms. The summed E-state index contributed by atoms with van der Waals surface area (Å²) in [7, 11) is -1.56. The molecule has 0 aliphatic carbocycles. The Kier molecular flexibility index (Phi) is 10.2. The molecule has 2 N–H and O–H groups in total. The molecule has 8 heteroatoms. The molecule has 2 aromatic carbocycles. The van der Waals surface area contributed by atoms with Crippen LogP contribution in [-0.2, 0) is 10.0 Å². The Morgan fingerprint density at radius 3 is 2.39 bits per heavy atom. The van der Waals surface area contributed by atoms with Crippen LogP contribution in [0.5, 0.6) is 0 Å². The van der Waals surface area contributed by atoms with Crippen LogP contribution in [0.1, 0.15) is 32.4 Å². The number of nitrogens with one attached hydrogen (secondary N) is 2. The summed E-state index contributed by atoms with van der Waals surface area (Å²) in [6.45, 7) is 7.05. The Bertz CT molecular complexity index is 877. The summed E-state index contributed by atoms with van der Waals surface area (Å²) in [4.78, 5) is 4.22. The number of rotatable bonds is 8. The predicted molar refractivity (Wildman–Crippen MR) is 129 cm³/mol. The fourth-order valence-corrected chi connectivity index (χ4v) is 4.56. The van der Waals surface area contributed by atoms with Crippen LogP contribution in [0.25, 0.3) is 10.8 Å². The number of aliphatic imine (C=N–C) groups is 1. The monoisotopic (exact) mass is 518 g/mol. The first-order valence-electron chi connectivity index (χ1n) is 9.35. The molecule has 0 radical (unpaired) electrons. The lowest BCUT2D eigenvalue weighted by Gasteiger charge is -2.21. The third kappa shape index (κ3) is 6.31. The van der Waals surface area contributed by atoms with E-state index in [1.165, 1.54) is 20.6 Å². The highest BCUT2D eigenvalue weighted by molar-refractivity contribution is 14.0. The lowest BCUT2D eigenvalue weighted by molar-refractivity contribution is 0.445. The Morgan fingerprint density at radius 1 is 1.11 bits per heavy atom. The van der Waals surface area contributed by atoms with Crippen molar-refractivity contribution in [3.8, 4) is 0 Å². The lowest BCUT2D eigenvalue weighted by Crippen LogP contribution is -2.42. The maximum absolute atomic E-state index is 12.3. The SMILES string of the molecule is CCN(CC)S(=O)(=O)CCNC(=NC)NC(C)c1cccc2ccccc12.I. The zero-order valence-corrected chi connectivity index (χ0v) is 20.1. The van der Waals surface area contributed by atoms with Gasteiger partial charge in [-0.1, -0.05) is 56.3 Å². The Labute approximate surface area is 185 Å². The number of fused-ring (bicyclic) bond motifs is 1. The standard InChI is InChI=1S/C20H30N4O2S.HI/c1-5-24(6-2)27(25,26)15-14-22-20(21-4)23-16(3)18-13-9-11-17-10-7-8-12-19(17)18;/h7-13,16H,5-6,14-15H2,1-4H3,(H2,21,22,23);1H. The molecule has 2 aromatic rings. The van der Waals surface area contributed by atoms with E-state index in [1.54, 1.807) is 7.05 Å². The predicted octanol–water partition coefficient (Wildman–Crippen LogP) is 3.36. The van der Waals surface area contributed by atoms with Gasteiger partial charge in [-0.2, -0.15) is 0 Å². The van der Waals surface area contributed by atoms with Gasteiger partial charge in [-0.3, -0.25) is 4.99 Å². The summed E-state index contributed by atoms with van der Waals surface area (Å²) in [5.41, 5.74) is 1.17. The number of guanidine groups is 1. The van der Waals surface area contributed by atoms with E-state index in [0.717, 1.165) is 0 Å². The van der Waals surface area contributed by atoms with Crippen LogP contribution in [0, 0.1) is 0 Å². The van der Waals surface area contributed by atoms with Gasteiger partial charge in [-0.05, 0) is 23.3 Å². The van der Waals surface area contributed by atoms with E-state index in [-0.39, 0.29) is 35.8 Å². The molecule has 0 saturated heterocycles. The minimum absolute atomic E-state index is 0. The van der Waals surface area contributed by atoms with Crippen molar-refractivity contribution in [1.82, 2.24) is 14.9 Å². The highest BCUT2D eigenvalue weighted by Gasteiger charge is 2.18. The van der Waals surface area contributed by atoms with E-state index in [2.05, 4.69) is 46.8 Å². The molecule has 0 amide bonds. The van der Waals surface area contributed by atoms with Crippen LogP contribution in [0.3, 0.4) is 0 Å². The van der Waals surface area contributed by atoms with E-state index in [1.807, 2.05) is 32.0 Å². The van der Waals surface area contributed by atoms with Crippen molar-refractivity contribution in [2.45, 2.75) is 26.8 Å². The number of halogens is 1. The number of hydrogen-bond donors (Lipinski definition) is 2. The molecular weight excluding hydrogens is 487 g/mol. The van der Waals surface area contributed by atoms with Gasteiger partial charge in [0.25, 0.3) is 0 Å². The van der Waals surface area contributed by atoms with E-state index in [4.69, 9.17) is 0 Å². The number of benzene rings is 2. The Balaban J connectivity index is 0.00000392. The number of sulfonamides is 1. The van der Waals surface area contributed by atoms with E-state index in [0.29, 0.717) is 25.6 Å². The van der Waals surface area contributed by atoms with Gasteiger partial charge in [0, 0.05) is 26.7 Å². The molecule has 1 unspecified atom stereocenters. The largest absolute Gasteiger partial charge is 0.355 e. The molecule has 0 saturated carbocycles. The molecule has 0 heterocycles. The summed E-state index contributed by atoms with van der Waals surface area (Å²) in [5, 5.41) is 8.84. The van der Waals surface area contributed by atoms with Crippen molar-refractivity contribution in [1.29, 1.82) is 0 Å². The van der Waals surface area contributed by atoms with Crippen molar-refractivity contribution in [3.63, 3.8) is 0 Å². The van der Waals surface area contributed by atoms with Crippen molar-refractivity contribution >= 4 is 50.7 Å². The fraction of sp³-hybridized carbons (Fsp3) is 0.450. The maximum Gasteiger partial charge on any atom is 0.215 e. The molecule has 0 aliphatic heterocycles. The molecule has 1 atom stereocenters. The van der Waals surface area contributed by atoms with E-state index >= 15 is 0 Å². The first-order valence-corrected chi connectivity index (χ1v) is 11.0. The van der Waals surface area contributed by atoms with Gasteiger partial charge in [0.2, 0.25) is 10.0 Å². The average Bonchev–Trinajstić information content (AvgIpc) is 2.67. The summed E-state index contributed by atoms with van der Waals surface area (Å²) in [5.74, 6) is 0.628. The van der Waals surface area contributed by atoms with Crippen LogP contribution in [0.15, 0.2) is 47.5 Å². The molecule has 0 fully saturated rings. The number of nitrogens with zero attached hydrogens (tertiary/aromatic N) is 2. The second kappa shape index (κ2) is 11.6. The summed E-state index contributed by atoms with van der Waals surface area (Å²) < 4.78 is 26.0. The Morgan fingerprint density at radius 2 is 1.75 bits per heavy atom. The van der Waals surface area contributed by atoms with Crippen molar-refractivity contribution in [2.75, 3.05) is 32.4 Å². The normalized spacial score (nSPS) is 13.2. The summed E-state index contributed by atoms with van der Waals surface area (Å²) in [6, 6.07) is 14.5. The lowest BCUT2D eigenvalue weighted by atomic mass is 10.00. The Hall–Kier alpha value is -1.39. The molecule has 6 nitrogen and oxygen atoms in total. The highest BCUT2D eigenvalue weighted by atomic mass is 127. The van der Waals surface area contributed by atoms with Crippen LogP contribution < -0.4 is 10.6 Å². The molecule has 0 spiro atoms. The second-order valence-corrected chi connectivity index (χ2v) is 8.42. The van der Waals surface area contributed by atoms with Gasteiger partial charge in [0.15, 0.2) is 5.96 Å². The quantitative estimate of drug-likeness (QED) is 0.320. The third-order valence-corrected chi connectivity index (χ3v) is 6.64. The van der Waals surface area contributed by atoms with Gasteiger partial charge in [-0.25, -0.2) is 12.7 Å². The van der Waals surface area contributed by atoms with Crippen molar-refractivity contribution in [3.05, 3.63) is 48.0 Å². The summed E-state index contributed by atoms with van der Waals surface area (Å²) >= 11 is 0. The van der Waals surface area contributed by atoms with Gasteiger partial charge >= 0.3 is 0 Å². The minimum atomic E-state index is -3.25. The molecular formula is C20H31IN4O2S. The number of hydrogen-bond acceptors (Lipinski definition) is 3.